The summed E-state index contributed by atoms with van der Waals surface area (Å²) in [4.78, 5) is 2.24. The molecule has 0 aromatic heterocycles. The third-order valence-corrected chi connectivity index (χ3v) is 4.80. The van der Waals surface area contributed by atoms with E-state index in [2.05, 4.69) is 25.7 Å². The zero-order chi connectivity index (χ0) is 13.1. The number of sulfone groups is 1. The van der Waals surface area contributed by atoms with E-state index in [1.165, 1.54) is 0 Å². The Hall–Kier alpha value is -0.130. The zero-order valence-corrected chi connectivity index (χ0v) is 12.1. The van der Waals surface area contributed by atoms with E-state index < -0.39 is 9.84 Å². The lowest BCUT2D eigenvalue weighted by Crippen LogP contribution is -2.44. The van der Waals surface area contributed by atoms with Crippen molar-refractivity contribution in [2.45, 2.75) is 27.2 Å². The summed E-state index contributed by atoms with van der Waals surface area (Å²) < 4.78 is 22.7. The van der Waals surface area contributed by atoms with E-state index in [0.717, 1.165) is 13.0 Å². The molecule has 1 atom stereocenters. The van der Waals surface area contributed by atoms with Crippen LogP contribution in [0.25, 0.3) is 0 Å². The molecule has 0 aromatic rings. The van der Waals surface area contributed by atoms with E-state index in [1.807, 2.05) is 0 Å². The van der Waals surface area contributed by atoms with E-state index >= 15 is 0 Å². The molecule has 4 nitrogen and oxygen atoms in total. The number of hydrogen-bond donors (Lipinski definition) is 1. The van der Waals surface area contributed by atoms with Crippen molar-refractivity contribution in [3.63, 3.8) is 0 Å². The first-order valence-corrected chi connectivity index (χ1v) is 8.17. The lowest BCUT2D eigenvalue weighted by Gasteiger charge is -2.32. The molecule has 5 heteroatoms. The van der Waals surface area contributed by atoms with Crippen molar-refractivity contribution in [1.29, 1.82) is 0 Å². The Bertz CT molecular complexity index is 319. The number of hydrogen-bond acceptors (Lipinski definition) is 4. The fraction of sp³-hybridized carbons (Fsp3) is 1.00. The standard InChI is InChI=1S/C12H26N2O2S/c1-12(2,3)8-11(9-13)10-14-4-6-17(15,16)7-5-14/h11H,4-10,13H2,1-3H3. The fourth-order valence-corrected chi connectivity index (χ4v) is 3.66. The first-order chi connectivity index (χ1) is 7.72. The summed E-state index contributed by atoms with van der Waals surface area (Å²) in [6, 6.07) is 0. The average Bonchev–Trinajstić information content (AvgIpc) is 2.18. The maximum Gasteiger partial charge on any atom is 0.152 e. The van der Waals surface area contributed by atoms with Gasteiger partial charge in [0.15, 0.2) is 9.84 Å². The van der Waals surface area contributed by atoms with Crippen LogP contribution in [0.1, 0.15) is 27.2 Å². The molecule has 17 heavy (non-hydrogen) atoms. The molecule has 0 aromatic carbocycles. The Balaban J connectivity index is 2.42. The van der Waals surface area contributed by atoms with Crippen LogP contribution >= 0.6 is 0 Å². The van der Waals surface area contributed by atoms with Gasteiger partial charge in [-0.1, -0.05) is 20.8 Å². The van der Waals surface area contributed by atoms with Gasteiger partial charge in [-0.3, -0.25) is 0 Å². The summed E-state index contributed by atoms with van der Waals surface area (Å²) in [6.45, 7) is 9.61. The van der Waals surface area contributed by atoms with Crippen LogP contribution < -0.4 is 5.73 Å². The minimum atomic E-state index is -2.77. The summed E-state index contributed by atoms with van der Waals surface area (Å²) in [5.41, 5.74) is 6.09. The Labute approximate surface area is 105 Å². The molecule has 0 spiro atoms. The number of nitrogens with two attached hydrogens (primary N) is 1. The van der Waals surface area contributed by atoms with Gasteiger partial charge in [0.05, 0.1) is 11.5 Å². The van der Waals surface area contributed by atoms with Crippen molar-refractivity contribution in [1.82, 2.24) is 4.90 Å². The van der Waals surface area contributed by atoms with Gasteiger partial charge in [0.2, 0.25) is 0 Å². The van der Waals surface area contributed by atoms with Gasteiger partial charge in [0.25, 0.3) is 0 Å². The highest BCUT2D eigenvalue weighted by atomic mass is 32.2. The molecule has 1 aliphatic rings. The van der Waals surface area contributed by atoms with Gasteiger partial charge in [0, 0.05) is 19.6 Å². The number of rotatable bonds is 4. The SMILES string of the molecule is CC(C)(C)CC(CN)CN1CCS(=O)(=O)CC1. The van der Waals surface area contributed by atoms with Crippen LogP contribution in [-0.4, -0.2) is 51.0 Å². The van der Waals surface area contributed by atoms with Gasteiger partial charge in [-0.25, -0.2) is 8.42 Å². The van der Waals surface area contributed by atoms with Gasteiger partial charge >= 0.3 is 0 Å². The molecule has 1 saturated heterocycles. The highest BCUT2D eigenvalue weighted by Crippen LogP contribution is 2.24. The van der Waals surface area contributed by atoms with Crippen molar-refractivity contribution in [3.8, 4) is 0 Å². The molecule has 1 unspecified atom stereocenters. The van der Waals surface area contributed by atoms with Crippen LogP contribution in [0.4, 0.5) is 0 Å². The molecule has 0 radical (unpaired) electrons. The minimum Gasteiger partial charge on any atom is -0.330 e. The van der Waals surface area contributed by atoms with E-state index in [-0.39, 0.29) is 5.41 Å². The molecule has 1 fully saturated rings. The summed E-state index contributed by atoms with van der Waals surface area (Å²) in [6.07, 6.45) is 1.09. The highest BCUT2D eigenvalue weighted by molar-refractivity contribution is 7.91. The molecular formula is C12H26N2O2S. The van der Waals surface area contributed by atoms with E-state index in [4.69, 9.17) is 5.73 Å². The largest absolute Gasteiger partial charge is 0.330 e. The Kier molecular flexibility index (Phi) is 4.98. The van der Waals surface area contributed by atoms with Crippen molar-refractivity contribution < 1.29 is 8.42 Å². The van der Waals surface area contributed by atoms with Gasteiger partial charge in [0.1, 0.15) is 0 Å². The molecule has 102 valence electrons. The van der Waals surface area contributed by atoms with E-state index in [9.17, 15) is 8.42 Å². The summed E-state index contributed by atoms with van der Waals surface area (Å²) in [5, 5.41) is 0. The molecule has 1 aliphatic heterocycles. The van der Waals surface area contributed by atoms with Gasteiger partial charge in [-0.2, -0.15) is 0 Å². The average molecular weight is 262 g/mol. The first kappa shape index (κ1) is 14.9. The fourth-order valence-electron chi connectivity index (χ4n) is 2.39. The predicted molar refractivity (Wildman–Crippen MR) is 71.7 cm³/mol. The maximum atomic E-state index is 11.3. The second-order valence-electron chi connectivity index (χ2n) is 6.32. The van der Waals surface area contributed by atoms with E-state index in [1.54, 1.807) is 0 Å². The zero-order valence-electron chi connectivity index (χ0n) is 11.3. The van der Waals surface area contributed by atoms with Crippen molar-refractivity contribution in [3.05, 3.63) is 0 Å². The topological polar surface area (TPSA) is 63.4 Å². The molecule has 0 saturated carbocycles. The molecule has 2 N–H and O–H groups in total. The lowest BCUT2D eigenvalue weighted by molar-refractivity contribution is 0.204. The summed E-state index contributed by atoms with van der Waals surface area (Å²) in [7, 11) is -2.77. The monoisotopic (exact) mass is 262 g/mol. The third kappa shape index (κ3) is 5.84. The van der Waals surface area contributed by atoms with Gasteiger partial charge < -0.3 is 10.6 Å². The van der Waals surface area contributed by atoms with E-state index in [0.29, 0.717) is 37.1 Å². The lowest BCUT2D eigenvalue weighted by atomic mass is 9.84. The normalized spacial score (nSPS) is 23.5. The molecule has 1 rings (SSSR count). The maximum absolute atomic E-state index is 11.3. The number of nitrogens with zero attached hydrogens (tertiary/aromatic N) is 1. The Morgan fingerprint density at radius 3 is 2.18 bits per heavy atom. The quantitative estimate of drug-likeness (QED) is 0.811. The molecule has 1 heterocycles. The summed E-state index contributed by atoms with van der Waals surface area (Å²) >= 11 is 0. The third-order valence-electron chi connectivity index (χ3n) is 3.19. The van der Waals surface area contributed by atoms with Crippen molar-refractivity contribution in [2.75, 3.05) is 37.7 Å². The summed E-state index contributed by atoms with van der Waals surface area (Å²) in [5.74, 6) is 1.08. The van der Waals surface area contributed by atoms with Crippen molar-refractivity contribution in [2.24, 2.45) is 17.1 Å². The molecule has 0 amide bonds. The van der Waals surface area contributed by atoms with Crippen LogP contribution in [0.15, 0.2) is 0 Å². The molecule has 0 aliphatic carbocycles. The van der Waals surface area contributed by atoms with Crippen LogP contribution in [-0.2, 0) is 9.84 Å². The van der Waals surface area contributed by atoms with Crippen LogP contribution in [0.2, 0.25) is 0 Å². The van der Waals surface area contributed by atoms with Gasteiger partial charge in [-0.15, -0.1) is 0 Å². The second-order valence-corrected chi connectivity index (χ2v) is 8.62. The predicted octanol–water partition coefficient (Wildman–Crippen LogP) is 0.728. The van der Waals surface area contributed by atoms with Crippen molar-refractivity contribution >= 4 is 9.84 Å². The Morgan fingerprint density at radius 1 is 1.24 bits per heavy atom. The minimum absolute atomic E-state index is 0.284. The second kappa shape index (κ2) is 5.67. The first-order valence-electron chi connectivity index (χ1n) is 6.35. The van der Waals surface area contributed by atoms with Crippen LogP contribution in [0, 0.1) is 11.3 Å². The van der Waals surface area contributed by atoms with Gasteiger partial charge in [-0.05, 0) is 24.3 Å². The highest BCUT2D eigenvalue weighted by Gasteiger charge is 2.25. The molecular weight excluding hydrogens is 236 g/mol. The van der Waals surface area contributed by atoms with Crippen LogP contribution in [0.5, 0.6) is 0 Å². The van der Waals surface area contributed by atoms with Crippen LogP contribution in [0.3, 0.4) is 0 Å². The molecule has 0 bridgehead atoms. The smallest absolute Gasteiger partial charge is 0.152 e. The Morgan fingerprint density at radius 2 is 1.76 bits per heavy atom.